The summed E-state index contributed by atoms with van der Waals surface area (Å²) in [6.45, 7) is 0. The molecule has 96 valence electrons. The Bertz CT molecular complexity index is 716. The van der Waals surface area contributed by atoms with Crippen LogP contribution in [0.4, 0.5) is 11.4 Å². The standard InChI is InChI=1S/C17H13N3/c18-10-14-5-2-6-15(11-19)17(14)20-16-8-7-12-3-1-4-13(12)9-16/h2,5-9,20H,1,3-4H2. The van der Waals surface area contributed by atoms with Gasteiger partial charge in [-0.3, -0.25) is 0 Å². The van der Waals surface area contributed by atoms with Gasteiger partial charge in [0.1, 0.15) is 12.1 Å². The van der Waals surface area contributed by atoms with Crippen LogP contribution in [0.3, 0.4) is 0 Å². The molecule has 0 amide bonds. The molecule has 0 aromatic heterocycles. The molecule has 1 aliphatic rings. The van der Waals surface area contributed by atoms with Crippen LogP contribution in [0.5, 0.6) is 0 Å². The van der Waals surface area contributed by atoms with Gasteiger partial charge in [0, 0.05) is 5.69 Å². The number of hydrogen-bond acceptors (Lipinski definition) is 3. The first kappa shape index (κ1) is 12.3. The van der Waals surface area contributed by atoms with E-state index >= 15 is 0 Å². The van der Waals surface area contributed by atoms with Crippen molar-refractivity contribution < 1.29 is 0 Å². The average molecular weight is 259 g/mol. The molecule has 0 heterocycles. The normalized spacial score (nSPS) is 12.3. The number of rotatable bonds is 2. The number of nitrogens with zero attached hydrogens (tertiary/aromatic N) is 2. The lowest BCUT2D eigenvalue weighted by Crippen LogP contribution is -1.98. The number of hydrogen-bond donors (Lipinski definition) is 1. The van der Waals surface area contributed by atoms with Crippen molar-refractivity contribution in [1.82, 2.24) is 0 Å². The van der Waals surface area contributed by atoms with Gasteiger partial charge in [-0.25, -0.2) is 0 Å². The molecule has 3 rings (SSSR count). The Labute approximate surface area is 118 Å². The summed E-state index contributed by atoms with van der Waals surface area (Å²) in [5, 5.41) is 21.6. The van der Waals surface area contributed by atoms with E-state index in [9.17, 15) is 10.5 Å². The Morgan fingerprint density at radius 2 is 1.60 bits per heavy atom. The lowest BCUT2D eigenvalue weighted by molar-refractivity contribution is 0.912. The highest BCUT2D eigenvalue weighted by molar-refractivity contribution is 5.73. The number of nitrogens with one attached hydrogen (secondary N) is 1. The molecule has 0 bridgehead atoms. The summed E-state index contributed by atoms with van der Waals surface area (Å²) in [6, 6.07) is 15.7. The number of benzene rings is 2. The van der Waals surface area contributed by atoms with Crippen molar-refractivity contribution in [3.8, 4) is 12.1 Å². The van der Waals surface area contributed by atoms with Gasteiger partial charge in [-0.1, -0.05) is 12.1 Å². The first-order valence-corrected chi connectivity index (χ1v) is 6.64. The van der Waals surface area contributed by atoms with Crippen LogP contribution in [0.1, 0.15) is 28.7 Å². The zero-order chi connectivity index (χ0) is 13.9. The average Bonchev–Trinajstić information content (AvgIpc) is 2.95. The highest BCUT2D eigenvalue weighted by atomic mass is 14.9. The van der Waals surface area contributed by atoms with Gasteiger partial charge >= 0.3 is 0 Å². The number of anilines is 2. The highest BCUT2D eigenvalue weighted by Crippen LogP contribution is 2.29. The molecule has 0 unspecified atom stereocenters. The Morgan fingerprint density at radius 3 is 2.30 bits per heavy atom. The van der Waals surface area contributed by atoms with E-state index in [-0.39, 0.29) is 0 Å². The van der Waals surface area contributed by atoms with Gasteiger partial charge in [-0.2, -0.15) is 10.5 Å². The van der Waals surface area contributed by atoms with Crippen LogP contribution in [0, 0.1) is 22.7 Å². The van der Waals surface area contributed by atoms with E-state index in [4.69, 9.17) is 0 Å². The van der Waals surface area contributed by atoms with E-state index in [1.54, 1.807) is 18.2 Å². The third kappa shape index (κ3) is 2.11. The summed E-state index contributed by atoms with van der Waals surface area (Å²) in [4.78, 5) is 0. The SMILES string of the molecule is N#Cc1cccc(C#N)c1Nc1ccc2c(c1)CCC2. The van der Waals surface area contributed by atoms with Gasteiger partial charge in [0.25, 0.3) is 0 Å². The van der Waals surface area contributed by atoms with Gasteiger partial charge in [-0.05, 0) is 54.7 Å². The topological polar surface area (TPSA) is 59.6 Å². The molecular weight excluding hydrogens is 246 g/mol. The summed E-state index contributed by atoms with van der Waals surface area (Å²) in [5.41, 5.74) is 5.28. The molecule has 1 aliphatic carbocycles. The maximum Gasteiger partial charge on any atom is 0.101 e. The summed E-state index contributed by atoms with van der Waals surface area (Å²) >= 11 is 0. The van der Waals surface area contributed by atoms with Crippen molar-refractivity contribution >= 4 is 11.4 Å². The molecule has 0 fully saturated rings. The predicted molar refractivity (Wildman–Crippen MR) is 77.6 cm³/mol. The Balaban J connectivity index is 2.00. The number of fused-ring (bicyclic) bond motifs is 1. The van der Waals surface area contributed by atoms with E-state index in [2.05, 4.69) is 29.6 Å². The quantitative estimate of drug-likeness (QED) is 0.895. The van der Waals surface area contributed by atoms with Gasteiger partial charge in [0.05, 0.1) is 16.8 Å². The van der Waals surface area contributed by atoms with Gasteiger partial charge in [-0.15, -0.1) is 0 Å². The number of nitriles is 2. The third-order valence-electron chi connectivity index (χ3n) is 3.67. The van der Waals surface area contributed by atoms with Crippen LogP contribution in [0.25, 0.3) is 0 Å². The van der Waals surface area contributed by atoms with Crippen LogP contribution in [-0.4, -0.2) is 0 Å². The molecule has 2 aromatic carbocycles. The molecule has 0 saturated carbocycles. The van der Waals surface area contributed by atoms with Gasteiger partial charge in [0.15, 0.2) is 0 Å². The van der Waals surface area contributed by atoms with Crippen molar-refractivity contribution in [3.63, 3.8) is 0 Å². The van der Waals surface area contributed by atoms with Crippen molar-refractivity contribution in [2.24, 2.45) is 0 Å². The zero-order valence-electron chi connectivity index (χ0n) is 11.0. The second-order valence-electron chi connectivity index (χ2n) is 4.91. The monoisotopic (exact) mass is 259 g/mol. The van der Waals surface area contributed by atoms with Crippen LogP contribution in [0.15, 0.2) is 36.4 Å². The van der Waals surface area contributed by atoms with Crippen LogP contribution < -0.4 is 5.32 Å². The molecule has 0 radical (unpaired) electrons. The molecular formula is C17H13N3. The maximum absolute atomic E-state index is 9.17. The van der Waals surface area contributed by atoms with Gasteiger partial charge in [0.2, 0.25) is 0 Å². The minimum absolute atomic E-state index is 0.490. The fourth-order valence-electron chi connectivity index (χ4n) is 2.67. The van der Waals surface area contributed by atoms with E-state index in [0.717, 1.165) is 18.5 Å². The summed E-state index contributed by atoms with van der Waals surface area (Å²) in [5.74, 6) is 0. The molecule has 2 aromatic rings. The van der Waals surface area contributed by atoms with Gasteiger partial charge < -0.3 is 5.32 Å². The highest BCUT2D eigenvalue weighted by Gasteiger charge is 2.12. The van der Waals surface area contributed by atoms with Crippen molar-refractivity contribution in [1.29, 1.82) is 10.5 Å². The lowest BCUT2D eigenvalue weighted by atomic mass is 10.1. The first-order valence-electron chi connectivity index (χ1n) is 6.64. The molecule has 20 heavy (non-hydrogen) atoms. The predicted octanol–water partition coefficient (Wildman–Crippen LogP) is 3.66. The first-order chi connectivity index (χ1) is 9.81. The lowest BCUT2D eigenvalue weighted by Gasteiger charge is -2.11. The Hall–Kier alpha value is -2.78. The molecule has 0 atom stereocenters. The fraction of sp³-hybridized carbons (Fsp3) is 0.176. The van der Waals surface area contributed by atoms with Crippen molar-refractivity contribution in [2.45, 2.75) is 19.3 Å². The maximum atomic E-state index is 9.17. The summed E-state index contributed by atoms with van der Waals surface area (Å²) in [6.07, 6.45) is 3.46. The molecule has 0 saturated heterocycles. The van der Waals surface area contributed by atoms with Crippen LogP contribution in [-0.2, 0) is 12.8 Å². The van der Waals surface area contributed by atoms with Crippen molar-refractivity contribution in [2.75, 3.05) is 5.32 Å². The van der Waals surface area contributed by atoms with Crippen LogP contribution >= 0.6 is 0 Å². The molecule has 0 aliphatic heterocycles. The number of aryl methyl sites for hydroxylation is 2. The summed E-state index contributed by atoms with van der Waals surface area (Å²) in [7, 11) is 0. The molecule has 0 spiro atoms. The third-order valence-corrected chi connectivity index (χ3v) is 3.67. The molecule has 3 heteroatoms. The minimum atomic E-state index is 0.490. The summed E-state index contributed by atoms with van der Waals surface area (Å²) < 4.78 is 0. The van der Waals surface area contributed by atoms with E-state index < -0.39 is 0 Å². The Kier molecular flexibility index (Phi) is 3.11. The fourth-order valence-corrected chi connectivity index (χ4v) is 2.67. The second-order valence-corrected chi connectivity index (χ2v) is 4.91. The smallest absolute Gasteiger partial charge is 0.101 e. The molecule has 3 nitrogen and oxygen atoms in total. The zero-order valence-corrected chi connectivity index (χ0v) is 11.0. The van der Waals surface area contributed by atoms with E-state index in [0.29, 0.717) is 16.8 Å². The number of para-hydroxylation sites is 1. The van der Waals surface area contributed by atoms with E-state index in [1.165, 1.54) is 17.5 Å². The largest absolute Gasteiger partial charge is 0.353 e. The van der Waals surface area contributed by atoms with Crippen molar-refractivity contribution in [3.05, 3.63) is 58.7 Å². The van der Waals surface area contributed by atoms with Crippen LogP contribution in [0.2, 0.25) is 0 Å². The minimum Gasteiger partial charge on any atom is -0.353 e. The second kappa shape index (κ2) is 5.07. The molecule has 1 N–H and O–H groups in total. The van der Waals surface area contributed by atoms with E-state index in [1.807, 2.05) is 6.07 Å². The Morgan fingerprint density at radius 1 is 0.900 bits per heavy atom.